The van der Waals surface area contributed by atoms with Crippen LogP contribution in [0.1, 0.15) is 15.9 Å². The van der Waals surface area contributed by atoms with Crippen LogP contribution in [0.2, 0.25) is 0 Å². The SMILES string of the molecule is O=C(O)c1cc(C(F)(F)F)cnc1-c1ccc(F)cc1. The normalized spacial score (nSPS) is 11.4. The number of benzene rings is 1. The molecular formula is C13H7F4NO2. The van der Waals surface area contributed by atoms with Crippen molar-refractivity contribution in [2.24, 2.45) is 0 Å². The van der Waals surface area contributed by atoms with Gasteiger partial charge in [-0.2, -0.15) is 13.2 Å². The van der Waals surface area contributed by atoms with Gasteiger partial charge in [0, 0.05) is 11.8 Å². The molecule has 0 atom stereocenters. The highest BCUT2D eigenvalue weighted by molar-refractivity contribution is 5.94. The molecule has 0 radical (unpaired) electrons. The number of carboxylic acid groups (broad SMARTS) is 1. The number of alkyl halides is 3. The zero-order valence-corrected chi connectivity index (χ0v) is 9.78. The second-order valence-corrected chi connectivity index (χ2v) is 3.93. The topological polar surface area (TPSA) is 50.2 Å². The second kappa shape index (κ2) is 4.92. The third-order valence-electron chi connectivity index (χ3n) is 2.56. The molecule has 2 rings (SSSR count). The number of carbonyl (C=O) groups is 1. The fraction of sp³-hybridized carbons (Fsp3) is 0.0769. The predicted molar refractivity (Wildman–Crippen MR) is 61.6 cm³/mol. The fourth-order valence-electron chi connectivity index (χ4n) is 1.62. The highest BCUT2D eigenvalue weighted by atomic mass is 19.4. The summed E-state index contributed by atoms with van der Waals surface area (Å²) >= 11 is 0. The van der Waals surface area contributed by atoms with Gasteiger partial charge in [0.05, 0.1) is 16.8 Å². The Morgan fingerprint density at radius 1 is 1.15 bits per heavy atom. The fourth-order valence-corrected chi connectivity index (χ4v) is 1.62. The van der Waals surface area contributed by atoms with Crippen LogP contribution in [0.5, 0.6) is 0 Å². The quantitative estimate of drug-likeness (QED) is 0.858. The molecule has 0 saturated carbocycles. The van der Waals surface area contributed by atoms with E-state index in [1.807, 2.05) is 0 Å². The van der Waals surface area contributed by atoms with Crippen molar-refractivity contribution >= 4 is 5.97 Å². The lowest BCUT2D eigenvalue weighted by atomic mass is 10.0. The predicted octanol–water partition coefficient (Wildman–Crippen LogP) is 3.60. The Hall–Kier alpha value is -2.44. The lowest BCUT2D eigenvalue weighted by molar-refractivity contribution is -0.137. The molecule has 0 unspecified atom stereocenters. The molecule has 7 heteroatoms. The molecule has 0 bridgehead atoms. The third kappa shape index (κ3) is 2.76. The molecule has 0 aliphatic heterocycles. The van der Waals surface area contributed by atoms with Gasteiger partial charge in [0.15, 0.2) is 0 Å². The monoisotopic (exact) mass is 285 g/mol. The van der Waals surface area contributed by atoms with Crippen molar-refractivity contribution in [1.82, 2.24) is 4.98 Å². The molecule has 0 saturated heterocycles. The number of carboxylic acids is 1. The maximum Gasteiger partial charge on any atom is 0.417 e. The van der Waals surface area contributed by atoms with E-state index in [9.17, 15) is 22.4 Å². The molecule has 0 amide bonds. The first-order chi connectivity index (χ1) is 9.29. The molecule has 1 N–H and O–H groups in total. The minimum atomic E-state index is -4.68. The summed E-state index contributed by atoms with van der Waals surface area (Å²) in [6.07, 6.45) is -4.14. The molecule has 0 fully saturated rings. The zero-order valence-electron chi connectivity index (χ0n) is 9.78. The van der Waals surface area contributed by atoms with Gasteiger partial charge in [-0.25, -0.2) is 9.18 Å². The minimum absolute atomic E-state index is 0.148. The Bertz CT molecular complexity index is 650. The van der Waals surface area contributed by atoms with Gasteiger partial charge in [0.2, 0.25) is 0 Å². The van der Waals surface area contributed by atoms with Gasteiger partial charge in [0.25, 0.3) is 0 Å². The molecule has 0 spiro atoms. The van der Waals surface area contributed by atoms with Crippen LogP contribution in [-0.2, 0) is 6.18 Å². The van der Waals surface area contributed by atoms with Crippen molar-refractivity contribution in [1.29, 1.82) is 0 Å². The lowest BCUT2D eigenvalue weighted by Crippen LogP contribution is -2.10. The summed E-state index contributed by atoms with van der Waals surface area (Å²) in [5.74, 6) is -2.08. The minimum Gasteiger partial charge on any atom is -0.478 e. The van der Waals surface area contributed by atoms with Crippen LogP contribution in [0.4, 0.5) is 17.6 Å². The van der Waals surface area contributed by atoms with Crippen LogP contribution in [0.3, 0.4) is 0 Å². The Labute approximate surface area is 110 Å². The number of nitrogens with zero attached hydrogens (tertiary/aromatic N) is 1. The van der Waals surface area contributed by atoms with Crippen molar-refractivity contribution in [2.45, 2.75) is 6.18 Å². The number of aromatic carboxylic acids is 1. The molecular weight excluding hydrogens is 278 g/mol. The van der Waals surface area contributed by atoms with Crippen molar-refractivity contribution < 1.29 is 27.5 Å². The van der Waals surface area contributed by atoms with Gasteiger partial charge in [-0.05, 0) is 30.3 Å². The van der Waals surface area contributed by atoms with E-state index in [2.05, 4.69) is 4.98 Å². The molecule has 0 aliphatic carbocycles. The van der Waals surface area contributed by atoms with Crippen LogP contribution in [0.15, 0.2) is 36.5 Å². The first kappa shape index (κ1) is 14.0. The van der Waals surface area contributed by atoms with Gasteiger partial charge < -0.3 is 5.11 Å². The van der Waals surface area contributed by atoms with E-state index in [-0.39, 0.29) is 11.3 Å². The third-order valence-corrected chi connectivity index (χ3v) is 2.56. The van der Waals surface area contributed by atoms with Crippen molar-refractivity contribution in [3.8, 4) is 11.3 Å². The zero-order chi connectivity index (χ0) is 14.9. The van der Waals surface area contributed by atoms with Crippen LogP contribution in [-0.4, -0.2) is 16.1 Å². The molecule has 1 heterocycles. The van der Waals surface area contributed by atoms with E-state index in [1.165, 1.54) is 12.1 Å². The second-order valence-electron chi connectivity index (χ2n) is 3.93. The Morgan fingerprint density at radius 2 is 1.75 bits per heavy atom. The van der Waals surface area contributed by atoms with E-state index in [0.717, 1.165) is 12.1 Å². The van der Waals surface area contributed by atoms with Gasteiger partial charge in [0.1, 0.15) is 5.82 Å². The number of rotatable bonds is 2. The number of halogens is 4. The smallest absolute Gasteiger partial charge is 0.417 e. The summed E-state index contributed by atoms with van der Waals surface area (Å²) in [4.78, 5) is 14.6. The Balaban J connectivity index is 2.59. The molecule has 20 heavy (non-hydrogen) atoms. The van der Waals surface area contributed by atoms with Crippen molar-refractivity contribution in [3.63, 3.8) is 0 Å². The highest BCUT2D eigenvalue weighted by Gasteiger charge is 2.32. The Morgan fingerprint density at radius 3 is 2.25 bits per heavy atom. The van der Waals surface area contributed by atoms with Crippen LogP contribution in [0, 0.1) is 5.82 Å². The summed E-state index contributed by atoms with van der Waals surface area (Å²) in [5.41, 5.74) is -1.67. The van der Waals surface area contributed by atoms with E-state index in [4.69, 9.17) is 5.11 Å². The number of pyridine rings is 1. The van der Waals surface area contributed by atoms with E-state index >= 15 is 0 Å². The number of hydrogen-bond donors (Lipinski definition) is 1. The first-order valence-corrected chi connectivity index (χ1v) is 5.35. The maximum absolute atomic E-state index is 12.8. The average Bonchev–Trinajstić information content (AvgIpc) is 2.38. The summed E-state index contributed by atoms with van der Waals surface area (Å²) in [7, 11) is 0. The standard InChI is InChI=1S/C13H7F4NO2/c14-9-3-1-7(2-4-9)11-10(12(19)20)5-8(6-18-11)13(15,16)17/h1-6H,(H,19,20). The maximum atomic E-state index is 12.8. The van der Waals surface area contributed by atoms with Gasteiger partial charge in [-0.3, -0.25) is 4.98 Å². The Kier molecular flexibility index (Phi) is 3.44. The molecule has 1 aromatic heterocycles. The summed E-state index contributed by atoms with van der Waals surface area (Å²) in [6, 6.07) is 5.14. The van der Waals surface area contributed by atoms with E-state index in [1.54, 1.807) is 0 Å². The number of hydrogen-bond acceptors (Lipinski definition) is 2. The molecule has 3 nitrogen and oxygen atoms in total. The first-order valence-electron chi connectivity index (χ1n) is 5.35. The summed E-state index contributed by atoms with van der Waals surface area (Å²) in [5, 5.41) is 8.99. The largest absolute Gasteiger partial charge is 0.478 e. The van der Waals surface area contributed by atoms with Crippen molar-refractivity contribution in [2.75, 3.05) is 0 Å². The average molecular weight is 285 g/mol. The highest BCUT2D eigenvalue weighted by Crippen LogP contribution is 2.32. The number of aromatic nitrogens is 1. The summed E-state index contributed by atoms with van der Waals surface area (Å²) < 4.78 is 50.4. The van der Waals surface area contributed by atoms with Crippen LogP contribution >= 0.6 is 0 Å². The molecule has 2 aromatic rings. The van der Waals surface area contributed by atoms with Gasteiger partial charge >= 0.3 is 12.1 Å². The molecule has 0 aliphatic rings. The molecule has 1 aromatic carbocycles. The van der Waals surface area contributed by atoms with Crippen LogP contribution < -0.4 is 0 Å². The van der Waals surface area contributed by atoms with Crippen LogP contribution in [0.25, 0.3) is 11.3 Å². The van der Waals surface area contributed by atoms with Gasteiger partial charge in [-0.1, -0.05) is 0 Å². The molecule has 104 valence electrons. The summed E-state index contributed by atoms with van der Waals surface area (Å²) in [6.45, 7) is 0. The van der Waals surface area contributed by atoms with Gasteiger partial charge in [-0.15, -0.1) is 0 Å². The van der Waals surface area contributed by atoms with Crippen molar-refractivity contribution in [3.05, 3.63) is 53.5 Å². The lowest BCUT2D eigenvalue weighted by Gasteiger charge is -2.10. The van der Waals surface area contributed by atoms with E-state index in [0.29, 0.717) is 12.3 Å². The van der Waals surface area contributed by atoms with E-state index < -0.39 is 29.1 Å².